The Morgan fingerprint density at radius 1 is 1.27 bits per heavy atom. The molecule has 22 heavy (non-hydrogen) atoms. The van der Waals surface area contributed by atoms with Crippen LogP contribution >= 0.6 is 0 Å². The first-order valence-corrected chi connectivity index (χ1v) is 8.10. The first-order valence-electron chi connectivity index (χ1n) is 8.10. The summed E-state index contributed by atoms with van der Waals surface area (Å²) in [6.45, 7) is 4.54. The first kappa shape index (κ1) is 17.0. The number of rotatable bonds is 8. The second kappa shape index (κ2) is 8.93. The molecule has 0 aromatic heterocycles. The number of aliphatic hydroxyl groups excluding tert-OH is 2. The standard InChI is InChI=1S/C18H27NO3/c1-2-5-14-6-3-4-7-18(14)22-13-17(21)12-19-15-8-10-16(20)11-9-15/h2-4,6-7,15-17,19-21H,1,5,8-13H2. The summed E-state index contributed by atoms with van der Waals surface area (Å²) < 4.78 is 5.73. The predicted molar refractivity (Wildman–Crippen MR) is 88.1 cm³/mol. The summed E-state index contributed by atoms with van der Waals surface area (Å²) in [4.78, 5) is 0. The van der Waals surface area contributed by atoms with E-state index in [0.29, 0.717) is 12.6 Å². The van der Waals surface area contributed by atoms with E-state index in [1.165, 1.54) is 0 Å². The highest BCUT2D eigenvalue weighted by Gasteiger charge is 2.19. The molecule has 1 aromatic rings. The lowest BCUT2D eigenvalue weighted by Gasteiger charge is -2.27. The van der Waals surface area contributed by atoms with Gasteiger partial charge >= 0.3 is 0 Å². The molecule has 1 aliphatic rings. The van der Waals surface area contributed by atoms with E-state index >= 15 is 0 Å². The fourth-order valence-corrected chi connectivity index (χ4v) is 2.80. The topological polar surface area (TPSA) is 61.7 Å². The number of hydrogen-bond donors (Lipinski definition) is 3. The molecule has 0 spiro atoms. The van der Waals surface area contributed by atoms with E-state index in [1.54, 1.807) is 0 Å². The molecule has 1 fully saturated rings. The van der Waals surface area contributed by atoms with Crippen LogP contribution in [0.5, 0.6) is 5.75 Å². The second-order valence-corrected chi connectivity index (χ2v) is 5.98. The number of allylic oxidation sites excluding steroid dienone is 1. The van der Waals surface area contributed by atoms with E-state index in [-0.39, 0.29) is 12.7 Å². The number of ether oxygens (including phenoxy) is 1. The Balaban J connectivity index is 1.71. The van der Waals surface area contributed by atoms with E-state index < -0.39 is 6.10 Å². The quantitative estimate of drug-likeness (QED) is 0.643. The van der Waals surface area contributed by atoms with Gasteiger partial charge in [-0.05, 0) is 43.7 Å². The van der Waals surface area contributed by atoms with Gasteiger partial charge in [-0.1, -0.05) is 24.3 Å². The largest absolute Gasteiger partial charge is 0.491 e. The smallest absolute Gasteiger partial charge is 0.122 e. The minimum absolute atomic E-state index is 0.146. The third kappa shape index (κ3) is 5.44. The Hall–Kier alpha value is -1.36. The summed E-state index contributed by atoms with van der Waals surface area (Å²) in [6, 6.07) is 8.23. The third-order valence-corrected chi connectivity index (χ3v) is 4.11. The van der Waals surface area contributed by atoms with Gasteiger partial charge in [0.1, 0.15) is 18.5 Å². The molecule has 0 amide bonds. The van der Waals surface area contributed by atoms with E-state index in [9.17, 15) is 10.2 Å². The Bertz CT molecular complexity index is 455. The lowest BCUT2D eigenvalue weighted by molar-refractivity contribution is 0.0899. The van der Waals surface area contributed by atoms with E-state index in [2.05, 4.69) is 11.9 Å². The molecule has 3 N–H and O–H groups in total. The fourth-order valence-electron chi connectivity index (χ4n) is 2.80. The normalized spacial score (nSPS) is 23.0. The van der Waals surface area contributed by atoms with Gasteiger partial charge in [-0.2, -0.15) is 0 Å². The van der Waals surface area contributed by atoms with Gasteiger partial charge < -0.3 is 20.3 Å². The maximum Gasteiger partial charge on any atom is 0.122 e. The summed E-state index contributed by atoms with van der Waals surface area (Å²) >= 11 is 0. The molecule has 4 heteroatoms. The van der Waals surface area contributed by atoms with Crippen LogP contribution < -0.4 is 10.1 Å². The summed E-state index contributed by atoms with van der Waals surface area (Å²) in [5.41, 5.74) is 1.08. The van der Waals surface area contributed by atoms with E-state index in [1.807, 2.05) is 30.3 Å². The Kier molecular flexibility index (Phi) is 6.90. The zero-order valence-corrected chi connectivity index (χ0v) is 13.1. The van der Waals surface area contributed by atoms with Crippen molar-refractivity contribution in [2.24, 2.45) is 0 Å². The summed E-state index contributed by atoms with van der Waals surface area (Å²) in [6.07, 6.45) is 5.55. The van der Waals surface area contributed by atoms with Crippen molar-refractivity contribution < 1.29 is 14.9 Å². The van der Waals surface area contributed by atoms with Crippen LogP contribution in [0, 0.1) is 0 Å². The zero-order chi connectivity index (χ0) is 15.8. The van der Waals surface area contributed by atoms with Gasteiger partial charge in [0.2, 0.25) is 0 Å². The maximum atomic E-state index is 10.1. The van der Waals surface area contributed by atoms with Crippen molar-refractivity contribution in [2.75, 3.05) is 13.2 Å². The van der Waals surface area contributed by atoms with Crippen molar-refractivity contribution in [2.45, 2.75) is 50.4 Å². The molecule has 0 heterocycles. The Morgan fingerprint density at radius 3 is 2.73 bits per heavy atom. The zero-order valence-electron chi connectivity index (χ0n) is 13.1. The van der Waals surface area contributed by atoms with Crippen molar-refractivity contribution in [1.29, 1.82) is 0 Å². The van der Waals surface area contributed by atoms with Crippen molar-refractivity contribution in [3.8, 4) is 5.75 Å². The highest BCUT2D eigenvalue weighted by atomic mass is 16.5. The molecule has 0 bridgehead atoms. The van der Waals surface area contributed by atoms with Crippen LogP contribution in [-0.2, 0) is 6.42 Å². The van der Waals surface area contributed by atoms with Crippen LogP contribution in [0.25, 0.3) is 0 Å². The van der Waals surface area contributed by atoms with Crippen molar-refractivity contribution in [3.05, 3.63) is 42.5 Å². The van der Waals surface area contributed by atoms with Gasteiger partial charge in [0, 0.05) is 12.6 Å². The number of nitrogens with one attached hydrogen (secondary N) is 1. The van der Waals surface area contributed by atoms with E-state index in [4.69, 9.17) is 4.74 Å². The van der Waals surface area contributed by atoms with Gasteiger partial charge in [0.25, 0.3) is 0 Å². The molecule has 2 rings (SSSR count). The van der Waals surface area contributed by atoms with Gasteiger partial charge in [0.05, 0.1) is 6.10 Å². The summed E-state index contributed by atoms with van der Waals surface area (Å²) in [7, 11) is 0. The maximum absolute atomic E-state index is 10.1. The minimum Gasteiger partial charge on any atom is -0.491 e. The van der Waals surface area contributed by atoms with Crippen LogP contribution in [0.15, 0.2) is 36.9 Å². The lowest BCUT2D eigenvalue weighted by atomic mass is 9.93. The van der Waals surface area contributed by atoms with Crippen molar-refractivity contribution >= 4 is 0 Å². The number of aliphatic hydroxyl groups is 2. The molecule has 0 aliphatic heterocycles. The van der Waals surface area contributed by atoms with Crippen LogP contribution in [0.4, 0.5) is 0 Å². The molecule has 1 unspecified atom stereocenters. The van der Waals surface area contributed by atoms with Gasteiger partial charge in [-0.25, -0.2) is 0 Å². The third-order valence-electron chi connectivity index (χ3n) is 4.11. The predicted octanol–water partition coefficient (Wildman–Crippen LogP) is 2.05. The minimum atomic E-state index is -0.538. The number of benzene rings is 1. The van der Waals surface area contributed by atoms with Gasteiger partial charge in [-0.15, -0.1) is 6.58 Å². The van der Waals surface area contributed by atoms with Crippen molar-refractivity contribution in [1.82, 2.24) is 5.32 Å². The van der Waals surface area contributed by atoms with E-state index in [0.717, 1.165) is 43.4 Å². The molecule has 0 radical (unpaired) electrons. The number of para-hydroxylation sites is 1. The molecule has 4 nitrogen and oxygen atoms in total. The van der Waals surface area contributed by atoms with Gasteiger partial charge in [0.15, 0.2) is 0 Å². The molecule has 1 aliphatic carbocycles. The second-order valence-electron chi connectivity index (χ2n) is 5.98. The monoisotopic (exact) mass is 305 g/mol. The van der Waals surface area contributed by atoms with Gasteiger partial charge in [-0.3, -0.25) is 0 Å². The number of hydrogen-bond acceptors (Lipinski definition) is 4. The highest BCUT2D eigenvalue weighted by molar-refractivity contribution is 5.34. The summed E-state index contributed by atoms with van der Waals surface area (Å²) in [5, 5.41) is 22.9. The SMILES string of the molecule is C=CCc1ccccc1OCC(O)CNC1CCC(O)CC1. The molecule has 122 valence electrons. The fraction of sp³-hybridized carbons (Fsp3) is 0.556. The lowest BCUT2D eigenvalue weighted by Crippen LogP contribution is -2.40. The average Bonchev–Trinajstić information content (AvgIpc) is 2.54. The molecule has 1 aromatic carbocycles. The molecule has 0 saturated heterocycles. The first-order chi connectivity index (χ1) is 10.7. The molecule has 1 saturated carbocycles. The Morgan fingerprint density at radius 2 is 2.00 bits per heavy atom. The van der Waals surface area contributed by atoms with Crippen molar-refractivity contribution in [3.63, 3.8) is 0 Å². The molecular formula is C18H27NO3. The summed E-state index contributed by atoms with van der Waals surface area (Å²) in [5.74, 6) is 0.808. The van der Waals surface area contributed by atoms with Crippen LogP contribution in [0.2, 0.25) is 0 Å². The van der Waals surface area contributed by atoms with Crippen LogP contribution in [-0.4, -0.2) is 41.6 Å². The molecular weight excluding hydrogens is 278 g/mol. The van der Waals surface area contributed by atoms with Crippen LogP contribution in [0.3, 0.4) is 0 Å². The molecule has 1 atom stereocenters. The van der Waals surface area contributed by atoms with Crippen LogP contribution in [0.1, 0.15) is 31.2 Å². The average molecular weight is 305 g/mol. The Labute approximate surface area is 132 Å². The highest BCUT2D eigenvalue weighted by Crippen LogP contribution is 2.20.